The van der Waals surface area contributed by atoms with Crippen LogP contribution in [0.25, 0.3) is 0 Å². The zero-order chi connectivity index (χ0) is 41.6. The summed E-state index contributed by atoms with van der Waals surface area (Å²) in [5, 5.41) is 58.5. The standard InChI is InChI=1S/C26H36N2.2C10H12O4.Pd/c1-3-5-7-8-9-16-22-26(28-24-19-14-11-15-20-24)25(21-6-4-2)27-23-17-12-10-13-18-23;2*1-3-6-4-7(11)9(12)8(5(6)2)10(13)14;/h10-15,17-20H,3-9,16,21-22H2,1-2H3;2*4,11-12H,3H2,1-2H3,(H,13,14);/q;;;+2/p-2. The number of phenols is 2. The number of carbonyl (C=O) groups is 2. The summed E-state index contributed by atoms with van der Waals surface area (Å²) in [6.45, 7) is 11.3. The molecule has 0 unspecified atom stereocenters. The van der Waals surface area contributed by atoms with E-state index in [2.05, 4.69) is 62.4 Å². The van der Waals surface area contributed by atoms with Gasteiger partial charge in [-0.1, -0.05) is 114 Å². The number of hydrogen-bond acceptors (Lipinski definition) is 8. The summed E-state index contributed by atoms with van der Waals surface area (Å²) >= 11 is 0. The number of para-hydroxylation sites is 2. The molecule has 0 aromatic heterocycles. The summed E-state index contributed by atoms with van der Waals surface area (Å²) in [5.74, 6) is -5.20. The fourth-order valence-electron chi connectivity index (χ4n) is 6.11. The number of carboxylic acid groups (broad SMARTS) is 2. The molecule has 10 nitrogen and oxygen atoms in total. The van der Waals surface area contributed by atoms with Gasteiger partial charge in [0, 0.05) is 0 Å². The summed E-state index contributed by atoms with van der Waals surface area (Å²) in [6.07, 6.45) is 13.3. The van der Waals surface area contributed by atoms with Gasteiger partial charge in [0.25, 0.3) is 0 Å². The molecule has 0 bridgehead atoms. The van der Waals surface area contributed by atoms with Gasteiger partial charge < -0.3 is 30.6 Å². The Hall–Kier alpha value is -4.98. The molecule has 0 saturated carbocycles. The molecule has 0 fully saturated rings. The number of aromatic carboxylic acids is 2. The maximum Gasteiger partial charge on any atom is 2.00 e. The third kappa shape index (κ3) is 16.2. The number of aryl methyl sites for hydroxylation is 2. The summed E-state index contributed by atoms with van der Waals surface area (Å²) < 4.78 is 0. The molecule has 0 aliphatic heterocycles. The van der Waals surface area contributed by atoms with Crippen LogP contribution in [0.5, 0.6) is 23.0 Å². The first-order valence-electron chi connectivity index (χ1n) is 19.6. The summed E-state index contributed by atoms with van der Waals surface area (Å²) in [6, 6.07) is 23.3. The van der Waals surface area contributed by atoms with E-state index in [9.17, 15) is 30.0 Å². The van der Waals surface area contributed by atoms with E-state index in [0.717, 1.165) is 36.3 Å². The van der Waals surface area contributed by atoms with Crippen LogP contribution in [0, 0.1) is 13.8 Å². The Morgan fingerprint density at radius 3 is 1.26 bits per heavy atom. The van der Waals surface area contributed by atoms with E-state index in [-0.39, 0.29) is 31.5 Å². The smallest absolute Gasteiger partial charge is 0.869 e. The van der Waals surface area contributed by atoms with E-state index in [0.29, 0.717) is 35.1 Å². The van der Waals surface area contributed by atoms with Gasteiger partial charge in [-0.05, 0) is 111 Å². The summed E-state index contributed by atoms with van der Waals surface area (Å²) in [7, 11) is 0. The molecule has 57 heavy (non-hydrogen) atoms. The molecule has 0 aliphatic carbocycles. The normalized spacial score (nSPS) is 11.1. The van der Waals surface area contributed by atoms with Crippen LogP contribution in [-0.2, 0) is 33.3 Å². The Morgan fingerprint density at radius 1 is 0.561 bits per heavy atom. The minimum absolute atomic E-state index is 0. The average Bonchev–Trinajstić information content (AvgIpc) is 3.18. The topological polar surface area (TPSA) is 186 Å². The molecule has 0 spiro atoms. The molecule has 4 N–H and O–H groups in total. The van der Waals surface area contributed by atoms with Crippen molar-refractivity contribution in [3.8, 4) is 23.0 Å². The second-order valence-corrected chi connectivity index (χ2v) is 13.5. The maximum atomic E-state index is 11.3. The number of aromatic hydroxyl groups is 2. The molecular formula is C46H58N2O8Pd. The Morgan fingerprint density at radius 2 is 0.912 bits per heavy atom. The van der Waals surface area contributed by atoms with E-state index < -0.39 is 34.9 Å². The molecule has 0 heterocycles. The van der Waals surface area contributed by atoms with Gasteiger partial charge in [-0.3, -0.25) is 9.98 Å². The Bertz CT molecular complexity index is 1840. The fraction of sp³-hybridized carbons (Fsp3) is 0.391. The largest absolute Gasteiger partial charge is 2.00 e. The Labute approximate surface area is 351 Å². The third-order valence-electron chi connectivity index (χ3n) is 9.35. The monoisotopic (exact) mass is 872 g/mol. The molecule has 4 aromatic carbocycles. The third-order valence-corrected chi connectivity index (χ3v) is 9.35. The van der Waals surface area contributed by atoms with E-state index in [1.807, 2.05) is 26.0 Å². The van der Waals surface area contributed by atoms with Gasteiger partial charge in [0.15, 0.2) is 0 Å². The van der Waals surface area contributed by atoms with E-state index >= 15 is 0 Å². The number of aliphatic imine (C=N–C) groups is 2. The van der Waals surface area contributed by atoms with E-state index in [4.69, 9.17) is 20.2 Å². The van der Waals surface area contributed by atoms with Gasteiger partial charge >= 0.3 is 32.4 Å². The number of carboxylic acids is 2. The Kier molecular flexibility index (Phi) is 23.5. The van der Waals surface area contributed by atoms with Crippen LogP contribution >= 0.6 is 0 Å². The van der Waals surface area contributed by atoms with Gasteiger partial charge in [-0.2, -0.15) is 0 Å². The zero-order valence-electron chi connectivity index (χ0n) is 34.0. The van der Waals surface area contributed by atoms with Crippen LogP contribution in [-0.4, -0.2) is 43.8 Å². The van der Waals surface area contributed by atoms with Crippen molar-refractivity contribution in [2.45, 2.75) is 119 Å². The van der Waals surface area contributed by atoms with Crippen LogP contribution < -0.4 is 10.2 Å². The van der Waals surface area contributed by atoms with Gasteiger partial charge in [0.1, 0.15) is 11.5 Å². The fourth-order valence-corrected chi connectivity index (χ4v) is 6.11. The molecule has 0 atom stereocenters. The quantitative estimate of drug-likeness (QED) is 0.0458. The van der Waals surface area contributed by atoms with Crippen molar-refractivity contribution in [2.75, 3.05) is 0 Å². The predicted molar refractivity (Wildman–Crippen MR) is 222 cm³/mol. The number of hydrogen-bond donors (Lipinski definition) is 4. The minimum atomic E-state index is -1.29. The second-order valence-electron chi connectivity index (χ2n) is 13.5. The second kappa shape index (κ2) is 26.8. The summed E-state index contributed by atoms with van der Waals surface area (Å²) in [5.41, 5.74) is 5.94. The van der Waals surface area contributed by atoms with E-state index in [1.165, 1.54) is 62.8 Å². The number of nitrogens with zero attached hydrogens (tertiary/aromatic N) is 2. The van der Waals surface area contributed by atoms with Crippen molar-refractivity contribution in [1.82, 2.24) is 0 Å². The molecule has 0 amide bonds. The number of benzene rings is 4. The number of unbranched alkanes of at least 4 members (excludes halogenated alkanes) is 6. The molecule has 0 radical (unpaired) electrons. The Balaban J connectivity index is 0.000000471. The summed E-state index contributed by atoms with van der Waals surface area (Å²) in [4.78, 5) is 31.5. The minimum Gasteiger partial charge on any atom is -0.869 e. The van der Waals surface area contributed by atoms with Gasteiger partial charge in [0.05, 0.1) is 33.9 Å². The van der Waals surface area contributed by atoms with Crippen LogP contribution in [0.2, 0.25) is 0 Å². The molecule has 310 valence electrons. The van der Waals surface area contributed by atoms with Crippen LogP contribution in [0.1, 0.15) is 135 Å². The molecular weight excluding hydrogens is 815 g/mol. The molecule has 4 rings (SSSR count). The maximum absolute atomic E-state index is 11.3. The zero-order valence-corrected chi connectivity index (χ0v) is 35.6. The number of rotatable bonds is 17. The van der Waals surface area contributed by atoms with Crippen molar-refractivity contribution >= 4 is 34.7 Å². The molecule has 11 heteroatoms. The SMILES string of the molecule is CCCCCCCCC(=Nc1ccccc1)C(CCCC)=Nc1ccccc1.CCc1cc(O)c([O-])c(C(=O)O)c1C.CCc1cc(O)c([O-])c(C(=O)O)c1C.[Pd+2]. The van der Waals surface area contributed by atoms with Gasteiger partial charge in [0.2, 0.25) is 0 Å². The van der Waals surface area contributed by atoms with Crippen molar-refractivity contribution in [2.24, 2.45) is 9.98 Å². The first kappa shape index (κ1) is 50.0. The molecule has 4 aromatic rings. The molecule has 0 saturated heterocycles. The van der Waals surface area contributed by atoms with Crippen molar-refractivity contribution < 1.29 is 60.7 Å². The van der Waals surface area contributed by atoms with E-state index in [1.54, 1.807) is 13.8 Å². The first-order chi connectivity index (χ1) is 26.8. The average molecular weight is 873 g/mol. The number of phenolic OH excluding ortho intramolecular Hbond substituents is 2. The molecule has 0 aliphatic rings. The van der Waals surface area contributed by atoms with Crippen LogP contribution in [0.4, 0.5) is 11.4 Å². The van der Waals surface area contributed by atoms with Crippen molar-refractivity contribution in [3.63, 3.8) is 0 Å². The van der Waals surface area contributed by atoms with Crippen LogP contribution in [0.15, 0.2) is 82.8 Å². The van der Waals surface area contributed by atoms with Gasteiger partial charge in [-0.25, -0.2) is 9.59 Å². The predicted octanol–water partition coefficient (Wildman–Crippen LogP) is 10.5. The van der Waals surface area contributed by atoms with Crippen molar-refractivity contribution in [3.05, 3.63) is 106 Å². The van der Waals surface area contributed by atoms with Crippen molar-refractivity contribution in [1.29, 1.82) is 0 Å². The van der Waals surface area contributed by atoms with Crippen LogP contribution in [0.3, 0.4) is 0 Å². The first-order valence-corrected chi connectivity index (χ1v) is 19.6. The van der Waals surface area contributed by atoms with Gasteiger partial charge in [-0.15, -0.1) is 0 Å².